The largest absolute Gasteiger partial charge is 0.467 e. The number of thiophene rings is 1. The van der Waals surface area contributed by atoms with Crippen molar-refractivity contribution in [1.29, 1.82) is 0 Å². The SMILES string of the molecule is CC(=O)CCCSc1nc2sc3c(c2c(=O)n1Cc1ccco1)CCC(C)C3. The van der Waals surface area contributed by atoms with Crippen LogP contribution in [0.25, 0.3) is 10.2 Å². The van der Waals surface area contributed by atoms with Gasteiger partial charge in [-0.3, -0.25) is 9.36 Å². The average Bonchev–Trinajstić information content (AvgIpc) is 3.28. The minimum absolute atomic E-state index is 0.0301. The Kier molecular flexibility index (Phi) is 5.73. The van der Waals surface area contributed by atoms with E-state index in [1.165, 1.54) is 10.4 Å². The Bertz CT molecular complexity index is 1050. The maximum Gasteiger partial charge on any atom is 0.263 e. The molecule has 3 heterocycles. The maximum atomic E-state index is 13.5. The van der Waals surface area contributed by atoms with Crippen LogP contribution in [0.3, 0.4) is 0 Å². The third kappa shape index (κ3) is 3.96. The van der Waals surface area contributed by atoms with Crippen molar-refractivity contribution in [3.05, 3.63) is 45.0 Å². The summed E-state index contributed by atoms with van der Waals surface area (Å²) in [6.07, 6.45) is 6.09. The van der Waals surface area contributed by atoms with Crippen LogP contribution >= 0.6 is 23.1 Å². The van der Waals surface area contributed by atoms with Gasteiger partial charge in [0.2, 0.25) is 0 Å². The van der Waals surface area contributed by atoms with Gasteiger partial charge in [0.1, 0.15) is 16.4 Å². The number of rotatable bonds is 7. The Morgan fingerprint density at radius 1 is 1.46 bits per heavy atom. The summed E-state index contributed by atoms with van der Waals surface area (Å²) >= 11 is 3.23. The van der Waals surface area contributed by atoms with Crippen molar-refractivity contribution in [2.45, 2.75) is 57.7 Å². The molecule has 0 saturated carbocycles. The minimum atomic E-state index is 0.0301. The normalized spacial score (nSPS) is 16.4. The molecule has 5 nitrogen and oxygen atoms in total. The molecule has 0 amide bonds. The van der Waals surface area contributed by atoms with Crippen molar-refractivity contribution in [2.24, 2.45) is 5.92 Å². The maximum absolute atomic E-state index is 13.5. The van der Waals surface area contributed by atoms with Gasteiger partial charge in [-0.05, 0) is 56.2 Å². The molecule has 0 spiro atoms. The summed E-state index contributed by atoms with van der Waals surface area (Å²) in [5.41, 5.74) is 1.24. The van der Waals surface area contributed by atoms with Gasteiger partial charge in [-0.2, -0.15) is 0 Å². The highest BCUT2D eigenvalue weighted by Crippen LogP contribution is 2.36. The van der Waals surface area contributed by atoms with Crippen LogP contribution < -0.4 is 5.56 Å². The summed E-state index contributed by atoms with van der Waals surface area (Å²) in [7, 11) is 0. The number of hydrogen-bond acceptors (Lipinski definition) is 6. The molecule has 1 aliphatic rings. The molecule has 0 fully saturated rings. The molecule has 0 N–H and O–H groups in total. The van der Waals surface area contributed by atoms with Crippen LogP contribution in [0.1, 0.15) is 49.3 Å². The van der Waals surface area contributed by atoms with Crippen LogP contribution in [0.4, 0.5) is 0 Å². The number of carbonyl (C=O) groups is 1. The van der Waals surface area contributed by atoms with Gasteiger partial charge in [0.15, 0.2) is 5.16 Å². The smallest absolute Gasteiger partial charge is 0.263 e. The quantitative estimate of drug-likeness (QED) is 0.318. The number of furan rings is 1. The molecule has 7 heteroatoms. The fourth-order valence-corrected chi connectivity index (χ4v) is 6.06. The number of ketones is 1. The molecule has 1 atom stereocenters. The molecule has 0 radical (unpaired) electrons. The number of Topliss-reactive ketones (excluding diaryl/α,β-unsaturated/α-hetero) is 1. The number of nitrogens with zero attached hydrogens (tertiary/aromatic N) is 2. The highest BCUT2D eigenvalue weighted by molar-refractivity contribution is 7.99. The van der Waals surface area contributed by atoms with E-state index in [4.69, 9.17) is 9.40 Å². The van der Waals surface area contributed by atoms with E-state index >= 15 is 0 Å². The first-order valence-electron chi connectivity index (χ1n) is 9.72. The Labute approximate surface area is 172 Å². The zero-order chi connectivity index (χ0) is 19.7. The van der Waals surface area contributed by atoms with E-state index in [1.807, 2.05) is 12.1 Å². The first kappa shape index (κ1) is 19.5. The second kappa shape index (κ2) is 8.25. The molecular formula is C21H24N2O3S2. The zero-order valence-electron chi connectivity index (χ0n) is 16.2. The van der Waals surface area contributed by atoms with Crippen molar-refractivity contribution in [3.63, 3.8) is 0 Å². The van der Waals surface area contributed by atoms with Crippen LogP contribution in [0.5, 0.6) is 0 Å². The molecule has 0 aromatic carbocycles. The average molecular weight is 417 g/mol. The Balaban J connectivity index is 1.74. The van der Waals surface area contributed by atoms with Crippen LogP contribution in [0, 0.1) is 5.92 Å². The fourth-order valence-electron chi connectivity index (χ4n) is 3.70. The standard InChI is InChI=1S/C21H24N2O3S2/c1-13-7-8-16-17(11-13)28-19-18(16)20(25)23(12-15-6-3-9-26-15)21(22-19)27-10-4-5-14(2)24/h3,6,9,13H,4-5,7-8,10-12H2,1-2H3. The van der Waals surface area contributed by atoms with E-state index in [9.17, 15) is 9.59 Å². The van der Waals surface area contributed by atoms with E-state index in [0.29, 0.717) is 24.0 Å². The molecule has 0 bridgehead atoms. The fraction of sp³-hybridized carbons (Fsp3) is 0.476. The molecule has 0 aliphatic heterocycles. The number of aromatic nitrogens is 2. The highest BCUT2D eigenvalue weighted by Gasteiger charge is 2.25. The van der Waals surface area contributed by atoms with Gasteiger partial charge in [-0.25, -0.2) is 4.98 Å². The first-order valence-corrected chi connectivity index (χ1v) is 11.5. The van der Waals surface area contributed by atoms with Crippen molar-refractivity contribution in [3.8, 4) is 0 Å². The summed E-state index contributed by atoms with van der Waals surface area (Å²) in [5.74, 6) is 2.35. The summed E-state index contributed by atoms with van der Waals surface area (Å²) in [6, 6.07) is 3.71. The van der Waals surface area contributed by atoms with Crippen molar-refractivity contribution >= 4 is 39.1 Å². The lowest BCUT2D eigenvalue weighted by Crippen LogP contribution is -2.24. The first-order chi connectivity index (χ1) is 13.5. The predicted octanol–water partition coefficient (Wildman–Crippen LogP) is 4.69. The van der Waals surface area contributed by atoms with Gasteiger partial charge in [0, 0.05) is 17.1 Å². The summed E-state index contributed by atoms with van der Waals surface area (Å²) < 4.78 is 7.23. The lowest BCUT2D eigenvalue weighted by Gasteiger charge is -2.17. The summed E-state index contributed by atoms with van der Waals surface area (Å²) in [5, 5.41) is 1.51. The number of thioether (sulfide) groups is 1. The number of carbonyl (C=O) groups excluding carboxylic acids is 1. The third-order valence-electron chi connectivity index (χ3n) is 5.18. The molecule has 3 aromatic rings. The van der Waals surface area contributed by atoms with Crippen LogP contribution in [-0.4, -0.2) is 21.1 Å². The van der Waals surface area contributed by atoms with Crippen LogP contribution in [-0.2, 0) is 24.2 Å². The van der Waals surface area contributed by atoms with E-state index in [1.54, 1.807) is 40.9 Å². The number of fused-ring (bicyclic) bond motifs is 3. The van der Waals surface area contributed by atoms with Gasteiger partial charge in [-0.15, -0.1) is 11.3 Å². The van der Waals surface area contributed by atoms with Gasteiger partial charge < -0.3 is 9.21 Å². The van der Waals surface area contributed by atoms with Gasteiger partial charge in [-0.1, -0.05) is 18.7 Å². The van der Waals surface area contributed by atoms with E-state index in [-0.39, 0.29) is 11.3 Å². The van der Waals surface area contributed by atoms with E-state index in [2.05, 4.69) is 6.92 Å². The summed E-state index contributed by atoms with van der Waals surface area (Å²) in [4.78, 5) is 31.7. The lowest BCUT2D eigenvalue weighted by molar-refractivity contribution is -0.117. The lowest BCUT2D eigenvalue weighted by atomic mass is 9.89. The Morgan fingerprint density at radius 3 is 3.07 bits per heavy atom. The number of aryl methyl sites for hydroxylation is 1. The summed E-state index contributed by atoms with van der Waals surface area (Å²) in [6.45, 7) is 4.26. The van der Waals surface area contributed by atoms with Gasteiger partial charge in [0.05, 0.1) is 18.2 Å². The minimum Gasteiger partial charge on any atom is -0.467 e. The van der Waals surface area contributed by atoms with Crippen LogP contribution in [0.15, 0.2) is 32.8 Å². The molecule has 1 aliphatic carbocycles. The monoisotopic (exact) mass is 416 g/mol. The molecule has 1 unspecified atom stereocenters. The third-order valence-corrected chi connectivity index (χ3v) is 7.39. The van der Waals surface area contributed by atoms with Gasteiger partial charge in [0.25, 0.3) is 5.56 Å². The molecule has 4 rings (SSSR count). The number of hydrogen-bond donors (Lipinski definition) is 0. The Hall–Kier alpha value is -1.86. The van der Waals surface area contributed by atoms with Crippen LogP contribution in [0.2, 0.25) is 0 Å². The van der Waals surface area contributed by atoms with E-state index in [0.717, 1.165) is 47.4 Å². The topological polar surface area (TPSA) is 65.1 Å². The molecule has 0 saturated heterocycles. The molecule has 28 heavy (non-hydrogen) atoms. The zero-order valence-corrected chi connectivity index (χ0v) is 17.8. The molecule has 148 valence electrons. The van der Waals surface area contributed by atoms with Gasteiger partial charge >= 0.3 is 0 Å². The van der Waals surface area contributed by atoms with Crippen molar-refractivity contribution in [1.82, 2.24) is 9.55 Å². The van der Waals surface area contributed by atoms with E-state index < -0.39 is 0 Å². The van der Waals surface area contributed by atoms with Crippen molar-refractivity contribution < 1.29 is 9.21 Å². The second-order valence-electron chi connectivity index (χ2n) is 7.55. The molecular weight excluding hydrogens is 392 g/mol. The highest BCUT2D eigenvalue weighted by atomic mass is 32.2. The second-order valence-corrected chi connectivity index (χ2v) is 9.70. The Morgan fingerprint density at radius 2 is 2.32 bits per heavy atom. The molecule has 3 aromatic heterocycles. The van der Waals surface area contributed by atoms with Crippen molar-refractivity contribution in [2.75, 3.05) is 5.75 Å². The predicted molar refractivity (Wildman–Crippen MR) is 114 cm³/mol.